The molecule has 14 heavy (non-hydrogen) atoms. The molecular formula is C6H7F7P+. The quantitative estimate of drug-likeness (QED) is 0.511. The second kappa shape index (κ2) is 3.22. The molecule has 0 aromatic carbocycles. The molecule has 0 bridgehead atoms. The van der Waals surface area contributed by atoms with E-state index in [1.807, 2.05) is 0 Å². The summed E-state index contributed by atoms with van der Waals surface area (Å²) >= 11 is 0. The zero-order chi connectivity index (χ0) is 11.2. The van der Waals surface area contributed by atoms with Crippen LogP contribution in [0.1, 0.15) is 12.8 Å². The van der Waals surface area contributed by atoms with E-state index in [0.717, 1.165) is 0 Å². The molecule has 0 radical (unpaired) electrons. The molecule has 1 aliphatic rings. The third-order valence-electron chi connectivity index (χ3n) is 1.94. The molecule has 1 saturated carbocycles. The summed E-state index contributed by atoms with van der Waals surface area (Å²) in [6.07, 6.45) is -6.77. The molecule has 0 atom stereocenters. The van der Waals surface area contributed by atoms with Crippen LogP contribution >= 0.6 is 7.88 Å². The van der Waals surface area contributed by atoms with Gasteiger partial charge in [-0.2, -0.15) is 22.0 Å². The SMILES string of the molecule is FC(F)(F)C(F)(F)[P+](F)(F)CC1CC1. The van der Waals surface area contributed by atoms with Gasteiger partial charge < -0.3 is 0 Å². The van der Waals surface area contributed by atoms with Crippen LogP contribution in [-0.2, 0) is 0 Å². The molecule has 0 saturated heterocycles. The zero-order valence-electron chi connectivity index (χ0n) is 6.79. The molecule has 0 nitrogen and oxygen atoms in total. The van der Waals surface area contributed by atoms with Crippen LogP contribution in [-0.4, -0.2) is 18.0 Å². The molecular weight excluding hydrogens is 236 g/mol. The monoisotopic (exact) mass is 243 g/mol. The van der Waals surface area contributed by atoms with Gasteiger partial charge in [-0.25, -0.2) is 0 Å². The maximum absolute atomic E-state index is 12.6. The molecule has 0 N–H and O–H groups in total. The van der Waals surface area contributed by atoms with Gasteiger partial charge in [0, 0.05) is 0 Å². The summed E-state index contributed by atoms with van der Waals surface area (Å²) in [6.45, 7) is 0. The van der Waals surface area contributed by atoms with Crippen LogP contribution in [0.2, 0.25) is 0 Å². The van der Waals surface area contributed by atoms with E-state index in [9.17, 15) is 30.3 Å². The van der Waals surface area contributed by atoms with E-state index in [0.29, 0.717) is 12.8 Å². The van der Waals surface area contributed by atoms with Crippen LogP contribution in [0, 0.1) is 5.92 Å². The summed E-state index contributed by atoms with van der Waals surface area (Å²) in [6, 6.07) is 0. The molecule has 8 heteroatoms. The predicted octanol–water partition coefficient (Wildman–Crippen LogP) is 4.34. The number of halogens is 7. The minimum Gasteiger partial charge on any atom is -0.161 e. The van der Waals surface area contributed by atoms with Gasteiger partial charge in [-0.3, -0.25) is 0 Å². The summed E-state index contributed by atoms with van der Waals surface area (Å²) in [5.41, 5.74) is -5.82. The Morgan fingerprint density at radius 2 is 1.43 bits per heavy atom. The Balaban J connectivity index is 2.76. The summed E-state index contributed by atoms with van der Waals surface area (Å²) in [7, 11) is -6.22. The normalized spacial score (nSPS) is 19.9. The zero-order valence-corrected chi connectivity index (χ0v) is 7.69. The second-order valence-electron chi connectivity index (χ2n) is 3.30. The van der Waals surface area contributed by atoms with Gasteiger partial charge >= 0.3 is 19.7 Å². The third kappa shape index (κ3) is 2.12. The van der Waals surface area contributed by atoms with Gasteiger partial charge in [0.25, 0.3) is 0 Å². The number of alkyl halides is 5. The van der Waals surface area contributed by atoms with Crippen molar-refractivity contribution in [2.24, 2.45) is 5.92 Å². The highest BCUT2D eigenvalue weighted by Gasteiger charge is 2.82. The molecule has 0 amide bonds. The standard InChI is InChI=1S/C6H7F7P/c7-5(8,9)6(10,11)14(12,13)3-4-1-2-4/h4H,1-3H2/q+1. The predicted molar refractivity (Wildman–Crippen MR) is 37.7 cm³/mol. The molecule has 0 aliphatic heterocycles. The lowest BCUT2D eigenvalue weighted by atomic mass is 10.5. The van der Waals surface area contributed by atoms with Crippen molar-refractivity contribution in [1.82, 2.24) is 0 Å². The summed E-state index contributed by atoms with van der Waals surface area (Å²) < 4.78 is 84.6. The number of hydrogen-bond donors (Lipinski definition) is 0. The fraction of sp³-hybridized carbons (Fsp3) is 1.00. The lowest BCUT2D eigenvalue weighted by Gasteiger charge is -2.18. The fourth-order valence-electron chi connectivity index (χ4n) is 0.925. The Labute approximate surface area is 76.0 Å². The Bertz CT molecular complexity index is 217. The van der Waals surface area contributed by atoms with Crippen LogP contribution in [0.4, 0.5) is 30.3 Å². The van der Waals surface area contributed by atoms with Crippen molar-refractivity contribution >= 4 is 7.88 Å². The number of hydrogen-bond acceptors (Lipinski definition) is 0. The van der Waals surface area contributed by atoms with Crippen molar-refractivity contribution in [2.45, 2.75) is 24.7 Å². The van der Waals surface area contributed by atoms with Crippen LogP contribution in [0.5, 0.6) is 0 Å². The lowest BCUT2D eigenvalue weighted by molar-refractivity contribution is -0.245. The summed E-state index contributed by atoms with van der Waals surface area (Å²) in [5, 5.41) is 0. The fourth-order valence-corrected chi connectivity index (χ4v) is 2.54. The lowest BCUT2D eigenvalue weighted by Crippen LogP contribution is -2.37. The van der Waals surface area contributed by atoms with Crippen molar-refractivity contribution in [3.05, 3.63) is 0 Å². The van der Waals surface area contributed by atoms with Gasteiger partial charge in [0.1, 0.15) is 6.16 Å². The molecule has 84 valence electrons. The van der Waals surface area contributed by atoms with Crippen LogP contribution in [0.25, 0.3) is 0 Å². The second-order valence-corrected chi connectivity index (χ2v) is 5.48. The van der Waals surface area contributed by atoms with E-state index >= 15 is 0 Å². The molecule has 1 rings (SSSR count). The highest BCUT2D eigenvalue weighted by molar-refractivity contribution is 7.67. The topological polar surface area (TPSA) is 0 Å². The van der Waals surface area contributed by atoms with Gasteiger partial charge in [-0.15, -0.1) is 0 Å². The summed E-state index contributed by atoms with van der Waals surface area (Å²) in [5.74, 6) is -0.647. The Morgan fingerprint density at radius 1 is 1.00 bits per heavy atom. The molecule has 0 heterocycles. The van der Waals surface area contributed by atoms with Crippen LogP contribution < -0.4 is 0 Å². The molecule has 1 aliphatic carbocycles. The van der Waals surface area contributed by atoms with Crippen molar-refractivity contribution in [2.75, 3.05) is 6.16 Å². The van der Waals surface area contributed by atoms with Gasteiger partial charge in [0.05, 0.1) is 0 Å². The molecule has 0 spiro atoms. The Kier molecular flexibility index (Phi) is 2.76. The van der Waals surface area contributed by atoms with Gasteiger partial charge in [0.15, 0.2) is 0 Å². The van der Waals surface area contributed by atoms with E-state index in [-0.39, 0.29) is 0 Å². The first-order valence-corrected chi connectivity index (χ1v) is 5.55. The van der Waals surface area contributed by atoms with Gasteiger partial charge in [-0.1, -0.05) is 0 Å². The van der Waals surface area contributed by atoms with Gasteiger partial charge in [-0.05, 0) is 27.2 Å². The minimum absolute atomic E-state index is 0.323. The van der Waals surface area contributed by atoms with Gasteiger partial charge in [0.2, 0.25) is 0 Å². The Morgan fingerprint density at radius 3 is 1.71 bits per heavy atom. The van der Waals surface area contributed by atoms with E-state index in [2.05, 4.69) is 0 Å². The Hall–Kier alpha value is -0.0600. The molecule has 1 fully saturated rings. The average Bonchev–Trinajstić information content (AvgIpc) is 2.67. The molecule has 0 aromatic heterocycles. The van der Waals surface area contributed by atoms with Crippen molar-refractivity contribution in [1.29, 1.82) is 0 Å². The van der Waals surface area contributed by atoms with E-state index in [1.54, 1.807) is 0 Å². The van der Waals surface area contributed by atoms with E-state index in [4.69, 9.17) is 0 Å². The number of rotatable bonds is 3. The van der Waals surface area contributed by atoms with Crippen LogP contribution in [0.15, 0.2) is 0 Å². The first-order valence-electron chi connectivity index (χ1n) is 3.80. The minimum atomic E-state index is -6.22. The smallest absolute Gasteiger partial charge is 0.161 e. The first-order chi connectivity index (χ1) is 6.08. The largest absolute Gasteiger partial charge is 0.515 e. The van der Waals surface area contributed by atoms with E-state index in [1.165, 1.54) is 0 Å². The maximum Gasteiger partial charge on any atom is 0.515 e. The highest BCUT2D eigenvalue weighted by Crippen LogP contribution is 2.79. The highest BCUT2D eigenvalue weighted by atomic mass is 31.2. The van der Waals surface area contributed by atoms with Crippen molar-refractivity contribution in [3.63, 3.8) is 0 Å². The van der Waals surface area contributed by atoms with E-state index < -0.39 is 31.8 Å². The molecule has 0 aromatic rings. The summed E-state index contributed by atoms with van der Waals surface area (Å²) in [4.78, 5) is 0. The third-order valence-corrected chi connectivity index (χ3v) is 3.99. The first kappa shape index (κ1) is 12.0. The van der Waals surface area contributed by atoms with Crippen LogP contribution in [0.3, 0.4) is 0 Å². The average molecular weight is 243 g/mol. The maximum atomic E-state index is 12.6. The van der Waals surface area contributed by atoms with Crippen molar-refractivity contribution in [3.8, 4) is 0 Å². The van der Waals surface area contributed by atoms with Crippen molar-refractivity contribution < 1.29 is 30.3 Å². The molecule has 0 unspecified atom stereocenters.